The lowest BCUT2D eigenvalue weighted by molar-refractivity contribution is 0.367. The van der Waals surface area contributed by atoms with Gasteiger partial charge in [-0.05, 0) is 24.3 Å². The zero-order chi connectivity index (χ0) is 21.4. The number of benzene rings is 1. The van der Waals surface area contributed by atoms with Gasteiger partial charge in [0.1, 0.15) is 10.6 Å². The van der Waals surface area contributed by atoms with Gasteiger partial charge in [0.2, 0.25) is 10.0 Å². The zero-order valence-corrected chi connectivity index (χ0v) is 18.1. The summed E-state index contributed by atoms with van der Waals surface area (Å²) in [5.41, 5.74) is 1.09. The number of pyridine rings is 1. The Morgan fingerprint density at radius 3 is 2.57 bits per heavy atom. The molecule has 162 valence electrons. The van der Waals surface area contributed by atoms with E-state index >= 15 is 0 Å². The number of rotatable bonds is 7. The first-order chi connectivity index (χ1) is 14.5. The van der Waals surface area contributed by atoms with Crippen LogP contribution in [-0.2, 0) is 10.0 Å². The number of hydrogen-bond acceptors (Lipinski definition) is 6. The van der Waals surface area contributed by atoms with Crippen LogP contribution in [0.1, 0.15) is 0 Å². The molecule has 1 aromatic heterocycles. The van der Waals surface area contributed by atoms with Crippen molar-refractivity contribution < 1.29 is 13.2 Å². The van der Waals surface area contributed by atoms with Gasteiger partial charge in [-0.1, -0.05) is 12.1 Å². The van der Waals surface area contributed by atoms with Crippen LogP contribution in [0.5, 0.6) is 5.75 Å². The molecule has 2 N–H and O–H groups in total. The van der Waals surface area contributed by atoms with Crippen LogP contribution in [0.15, 0.2) is 58.7 Å². The van der Waals surface area contributed by atoms with Gasteiger partial charge in [-0.3, -0.25) is 9.98 Å². The SMILES string of the molecule is CN=C(NCCNS(=O)(=O)c1cccnc1)N1CCN(c2ccccc2OC)CC1. The van der Waals surface area contributed by atoms with Crippen LogP contribution in [0.25, 0.3) is 0 Å². The van der Waals surface area contributed by atoms with Gasteiger partial charge in [0.15, 0.2) is 5.96 Å². The number of sulfonamides is 1. The Balaban J connectivity index is 1.47. The Bertz CT molecular complexity index is 944. The number of aliphatic imine (C=N–C) groups is 1. The number of ether oxygens (including phenoxy) is 1. The Kier molecular flexibility index (Phi) is 7.47. The molecule has 0 amide bonds. The third kappa shape index (κ3) is 5.39. The Morgan fingerprint density at radius 1 is 1.13 bits per heavy atom. The van der Waals surface area contributed by atoms with Gasteiger partial charge in [0, 0.05) is 58.7 Å². The summed E-state index contributed by atoms with van der Waals surface area (Å²) >= 11 is 0. The Hall–Kier alpha value is -2.85. The van der Waals surface area contributed by atoms with E-state index in [0.717, 1.165) is 43.6 Å². The lowest BCUT2D eigenvalue weighted by atomic mass is 10.2. The molecule has 0 aliphatic carbocycles. The van der Waals surface area contributed by atoms with Crippen molar-refractivity contribution in [2.75, 3.05) is 58.3 Å². The lowest BCUT2D eigenvalue weighted by Crippen LogP contribution is -2.53. The molecule has 0 bridgehead atoms. The van der Waals surface area contributed by atoms with Crippen LogP contribution < -0.4 is 19.7 Å². The smallest absolute Gasteiger partial charge is 0.242 e. The second-order valence-corrected chi connectivity index (χ2v) is 8.47. The van der Waals surface area contributed by atoms with Gasteiger partial charge >= 0.3 is 0 Å². The molecule has 2 aromatic rings. The molecule has 0 saturated carbocycles. The number of piperazine rings is 1. The first-order valence-corrected chi connectivity index (χ1v) is 11.3. The minimum atomic E-state index is -3.56. The summed E-state index contributed by atoms with van der Waals surface area (Å²) in [5, 5.41) is 3.23. The van der Waals surface area contributed by atoms with Crippen LogP contribution in [0.3, 0.4) is 0 Å². The van der Waals surface area contributed by atoms with Crippen LogP contribution >= 0.6 is 0 Å². The van der Waals surface area contributed by atoms with E-state index in [-0.39, 0.29) is 11.4 Å². The van der Waals surface area contributed by atoms with Crippen molar-refractivity contribution in [3.8, 4) is 5.75 Å². The quantitative estimate of drug-likeness (QED) is 0.379. The van der Waals surface area contributed by atoms with Crippen LogP contribution in [0.2, 0.25) is 0 Å². The second-order valence-electron chi connectivity index (χ2n) is 6.71. The van der Waals surface area contributed by atoms with E-state index in [1.54, 1.807) is 20.2 Å². The van der Waals surface area contributed by atoms with Gasteiger partial charge in [-0.25, -0.2) is 13.1 Å². The van der Waals surface area contributed by atoms with Crippen molar-refractivity contribution in [2.24, 2.45) is 4.99 Å². The predicted octanol–water partition coefficient (Wildman–Crippen LogP) is 0.766. The highest BCUT2D eigenvalue weighted by molar-refractivity contribution is 7.89. The maximum atomic E-state index is 12.2. The van der Waals surface area contributed by atoms with Gasteiger partial charge in [0.05, 0.1) is 12.8 Å². The van der Waals surface area contributed by atoms with Crippen molar-refractivity contribution >= 4 is 21.7 Å². The summed E-state index contributed by atoms with van der Waals surface area (Å²) in [6.45, 7) is 3.97. The normalized spacial score (nSPS) is 15.2. The summed E-state index contributed by atoms with van der Waals surface area (Å²) < 4.78 is 32.5. The van der Waals surface area contributed by atoms with Crippen LogP contribution in [0, 0.1) is 0 Å². The van der Waals surface area contributed by atoms with E-state index < -0.39 is 10.0 Å². The summed E-state index contributed by atoms with van der Waals surface area (Å²) in [6.07, 6.45) is 2.87. The van der Waals surface area contributed by atoms with E-state index in [0.29, 0.717) is 6.54 Å². The molecule has 0 atom stereocenters. The molecule has 1 fully saturated rings. The molecule has 30 heavy (non-hydrogen) atoms. The van der Waals surface area contributed by atoms with E-state index in [1.807, 2.05) is 18.2 Å². The fraction of sp³-hybridized carbons (Fsp3) is 0.400. The van der Waals surface area contributed by atoms with E-state index in [2.05, 4.69) is 35.9 Å². The Morgan fingerprint density at radius 2 is 1.90 bits per heavy atom. The number of aromatic nitrogens is 1. The molecule has 3 rings (SSSR count). The van der Waals surface area contributed by atoms with Crippen molar-refractivity contribution in [3.05, 3.63) is 48.8 Å². The molecular weight excluding hydrogens is 404 g/mol. The standard InChI is InChI=1S/C20H28N6O3S/c1-21-20(23-10-11-24-30(27,28)17-6-5-9-22-16-17)26-14-12-25(13-15-26)18-7-3-4-8-19(18)29-2/h3-9,16,24H,10-15H2,1-2H3,(H,21,23). The number of nitrogens with zero attached hydrogens (tertiary/aromatic N) is 4. The third-order valence-corrected chi connectivity index (χ3v) is 6.31. The molecule has 0 spiro atoms. The fourth-order valence-electron chi connectivity index (χ4n) is 3.33. The minimum absolute atomic E-state index is 0.154. The molecule has 1 saturated heterocycles. The van der Waals surface area contributed by atoms with Gasteiger partial charge < -0.3 is 19.9 Å². The predicted molar refractivity (Wildman–Crippen MR) is 118 cm³/mol. The van der Waals surface area contributed by atoms with Crippen molar-refractivity contribution in [3.63, 3.8) is 0 Å². The number of hydrogen-bond donors (Lipinski definition) is 2. The first kappa shape index (κ1) is 21.8. The second kappa shape index (κ2) is 10.3. The molecule has 9 nitrogen and oxygen atoms in total. The third-order valence-electron chi connectivity index (χ3n) is 4.86. The number of methoxy groups -OCH3 is 1. The summed E-state index contributed by atoms with van der Waals surface area (Å²) in [7, 11) is -0.144. The van der Waals surface area contributed by atoms with E-state index in [4.69, 9.17) is 4.74 Å². The fourth-order valence-corrected chi connectivity index (χ4v) is 4.33. The zero-order valence-electron chi connectivity index (χ0n) is 17.3. The molecule has 0 unspecified atom stereocenters. The van der Waals surface area contributed by atoms with Crippen LogP contribution in [-0.4, -0.2) is 77.7 Å². The monoisotopic (exact) mass is 432 g/mol. The lowest BCUT2D eigenvalue weighted by Gasteiger charge is -2.38. The maximum Gasteiger partial charge on any atom is 0.242 e. The summed E-state index contributed by atoms with van der Waals surface area (Å²) in [6, 6.07) is 11.1. The van der Waals surface area contributed by atoms with Crippen molar-refractivity contribution in [2.45, 2.75) is 4.90 Å². The molecule has 1 aliphatic rings. The van der Waals surface area contributed by atoms with Gasteiger partial charge in [-0.2, -0.15) is 0 Å². The molecule has 0 radical (unpaired) electrons. The van der Waals surface area contributed by atoms with Gasteiger partial charge in [0.25, 0.3) is 0 Å². The average molecular weight is 433 g/mol. The highest BCUT2D eigenvalue weighted by Gasteiger charge is 2.21. The molecule has 1 aliphatic heterocycles. The van der Waals surface area contributed by atoms with Gasteiger partial charge in [-0.15, -0.1) is 0 Å². The number of para-hydroxylation sites is 2. The molecule has 10 heteroatoms. The van der Waals surface area contributed by atoms with E-state index in [1.165, 1.54) is 18.5 Å². The number of guanidine groups is 1. The largest absolute Gasteiger partial charge is 0.495 e. The molecule has 1 aromatic carbocycles. The highest BCUT2D eigenvalue weighted by atomic mass is 32.2. The Labute approximate surface area is 177 Å². The summed E-state index contributed by atoms with van der Waals surface area (Å²) in [5.74, 6) is 1.63. The number of nitrogens with one attached hydrogen (secondary N) is 2. The summed E-state index contributed by atoms with van der Waals surface area (Å²) in [4.78, 5) is 12.8. The number of anilines is 1. The van der Waals surface area contributed by atoms with E-state index in [9.17, 15) is 8.42 Å². The minimum Gasteiger partial charge on any atom is -0.495 e. The highest BCUT2D eigenvalue weighted by Crippen LogP contribution is 2.28. The average Bonchev–Trinajstić information content (AvgIpc) is 2.80. The van der Waals surface area contributed by atoms with Crippen molar-refractivity contribution in [1.82, 2.24) is 19.9 Å². The molecule has 2 heterocycles. The topological polar surface area (TPSA) is 99.2 Å². The maximum absolute atomic E-state index is 12.2. The van der Waals surface area contributed by atoms with Crippen molar-refractivity contribution in [1.29, 1.82) is 0 Å². The molecular formula is C20H28N6O3S. The van der Waals surface area contributed by atoms with Crippen LogP contribution in [0.4, 0.5) is 5.69 Å². The first-order valence-electron chi connectivity index (χ1n) is 9.78.